The zero-order valence-electron chi connectivity index (χ0n) is 21.2. The fourth-order valence-corrected chi connectivity index (χ4v) is 5.31. The van der Waals surface area contributed by atoms with E-state index < -0.39 is 17.2 Å². The number of carbonyl (C=O) groups is 1. The highest BCUT2D eigenvalue weighted by Crippen LogP contribution is 2.40. The molecule has 1 amide bonds. The zero-order chi connectivity index (χ0) is 26.0. The molecule has 1 aromatic heterocycles. The van der Waals surface area contributed by atoms with Crippen LogP contribution in [0.5, 0.6) is 0 Å². The zero-order valence-corrected chi connectivity index (χ0v) is 21.2. The highest BCUT2D eigenvalue weighted by Gasteiger charge is 2.49. The van der Waals surface area contributed by atoms with Gasteiger partial charge in [0, 0.05) is 18.9 Å². The van der Waals surface area contributed by atoms with E-state index in [9.17, 15) is 13.6 Å². The van der Waals surface area contributed by atoms with Crippen LogP contribution in [0.25, 0.3) is 0 Å². The number of amides is 1. The maximum atomic E-state index is 13.9. The molecular formula is C28H31F2N5O2. The summed E-state index contributed by atoms with van der Waals surface area (Å²) >= 11 is 0. The van der Waals surface area contributed by atoms with Crippen LogP contribution in [-0.4, -0.2) is 57.9 Å². The minimum Gasteiger partial charge on any atom is -0.339 e. The molecule has 0 N–H and O–H groups in total. The number of piperidine rings is 1. The normalized spacial score (nSPS) is 18.4. The Hall–Kier alpha value is -3.46. The largest absolute Gasteiger partial charge is 0.339 e. The number of hydrogen-bond acceptors (Lipinski definition) is 6. The fourth-order valence-electron chi connectivity index (χ4n) is 5.31. The lowest BCUT2D eigenvalue weighted by molar-refractivity contribution is -0.130. The molecule has 0 aliphatic carbocycles. The van der Waals surface area contributed by atoms with Gasteiger partial charge in [-0.1, -0.05) is 36.3 Å². The van der Waals surface area contributed by atoms with Crippen LogP contribution in [0.15, 0.2) is 58.0 Å². The predicted molar refractivity (Wildman–Crippen MR) is 135 cm³/mol. The topological polar surface area (TPSA) is 74.8 Å². The minimum absolute atomic E-state index is 0.204. The average molecular weight is 508 g/mol. The number of benzene rings is 2. The van der Waals surface area contributed by atoms with E-state index in [4.69, 9.17) is 9.52 Å². The Morgan fingerprint density at radius 3 is 2.11 bits per heavy atom. The molecule has 37 heavy (non-hydrogen) atoms. The van der Waals surface area contributed by atoms with Gasteiger partial charge in [0.15, 0.2) is 11.4 Å². The molecule has 9 heteroatoms. The quantitative estimate of drug-likeness (QED) is 0.443. The monoisotopic (exact) mass is 507 g/mol. The van der Waals surface area contributed by atoms with E-state index in [0.29, 0.717) is 29.4 Å². The van der Waals surface area contributed by atoms with E-state index in [1.165, 1.54) is 24.3 Å². The number of rotatable bonds is 8. The summed E-state index contributed by atoms with van der Waals surface area (Å²) in [6.07, 6.45) is 3.48. The minimum atomic E-state index is -1.36. The van der Waals surface area contributed by atoms with Crippen molar-refractivity contribution < 1.29 is 18.1 Å². The Balaban J connectivity index is 1.24. The summed E-state index contributed by atoms with van der Waals surface area (Å²) in [6, 6.07) is 11.6. The van der Waals surface area contributed by atoms with Crippen molar-refractivity contribution in [2.24, 2.45) is 4.99 Å². The summed E-state index contributed by atoms with van der Waals surface area (Å²) < 4.78 is 32.8. The second-order valence-corrected chi connectivity index (χ2v) is 9.71. The van der Waals surface area contributed by atoms with Crippen molar-refractivity contribution in [1.29, 1.82) is 0 Å². The van der Waals surface area contributed by atoms with Crippen LogP contribution in [-0.2, 0) is 16.8 Å². The van der Waals surface area contributed by atoms with Crippen LogP contribution in [0.2, 0.25) is 0 Å². The van der Waals surface area contributed by atoms with Gasteiger partial charge < -0.3 is 9.42 Å². The number of hydrogen-bond donors (Lipinski definition) is 0. The third kappa shape index (κ3) is 4.92. The van der Waals surface area contributed by atoms with Crippen molar-refractivity contribution in [3.05, 3.63) is 83.0 Å². The lowest BCUT2D eigenvalue weighted by Gasteiger charge is -2.31. The molecule has 2 aliphatic heterocycles. The van der Waals surface area contributed by atoms with Crippen molar-refractivity contribution in [3.63, 3.8) is 0 Å². The van der Waals surface area contributed by atoms with Crippen molar-refractivity contribution in [2.45, 2.75) is 51.0 Å². The average Bonchev–Trinajstić information content (AvgIpc) is 3.49. The van der Waals surface area contributed by atoms with Crippen molar-refractivity contribution >= 4 is 11.7 Å². The first-order valence-corrected chi connectivity index (χ1v) is 12.9. The number of carbonyl (C=O) groups excluding carboxylic acids is 1. The summed E-state index contributed by atoms with van der Waals surface area (Å²) in [6.45, 7) is 7.07. The molecule has 0 saturated carbocycles. The molecule has 1 fully saturated rings. The molecule has 3 aromatic rings. The van der Waals surface area contributed by atoms with Gasteiger partial charge in [-0.3, -0.25) is 9.69 Å². The summed E-state index contributed by atoms with van der Waals surface area (Å²) in [5, 5.41) is 4.02. The van der Waals surface area contributed by atoms with Crippen molar-refractivity contribution in [3.8, 4) is 0 Å². The Bertz CT molecular complexity index is 1220. The molecule has 3 heterocycles. The number of nitrogens with zero attached hydrogens (tertiary/aromatic N) is 5. The molecule has 2 aromatic carbocycles. The van der Waals surface area contributed by atoms with Gasteiger partial charge in [-0.25, -0.2) is 13.8 Å². The van der Waals surface area contributed by atoms with E-state index in [-0.39, 0.29) is 5.91 Å². The number of amidine groups is 1. The van der Waals surface area contributed by atoms with Crippen LogP contribution >= 0.6 is 0 Å². The summed E-state index contributed by atoms with van der Waals surface area (Å²) in [4.78, 5) is 27.3. The Morgan fingerprint density at radius 1 is 0.973 bits per heavy atom. The molecule has 0 radical (unpaired) electrons. The first kappa shape index (κ1) is 25.2. The number of aromatic nitrogens is 2. The Kier molecular flexibility index (Phi) is 7.15. The summed E-state index contributed by atoms with van der Waals surface area (Å²) in [5.74, 6) is 1.39. The van der Waals surface area contributed by atoms with Crippen molar-refractivity contribution in [2.75, 3.05) is 26.2 Å². The standard InChI is InChI=1S/C28H31F2N5O2/c1-3-25-31-26(37-33-25)20-13-17-34(18-14-20)15-4-16-35-19(2)32-28(27(35)36,21-5-9-23(29)10-6-21)22-7-11-24(30)12-8-22/h5-12,20H,3-4,13-18H2,1-2H3. The smallest absolute Gasteiger partial charge is 0.265 e. The van der Waals surface area contributed by atoms with Crippen LogP contribution in [0, 0.1) is 11.6 Å². The fraction of sp³-hybridized carbons (Fsp3) is 0.429. The molecule has 0 unspecified atom stereocenters. The Morgan fingerprint density at radius 2 is 1.57 bits per heavy atom. The third-order valence-electron chi connectivity index (χ3n) is 7.39. The lowest BCUT2D eigenvalue weighted by atomic mass is 9.82. The van der Waals surface area contributed by atoms with Gasteiger partial charge in [-0.15, -0.1) is 0 Å². The van der Waals surface area contributed by atoms with Crippen molar-refractivity contribution in [1.82, 2.24) is 19.9 Å². The van der Waals surface area contributed by atoms with Gasteiger partial charge >= 0.3 is 0 Å². The molecule has 5 rings (SSSR count). The Labute approximate surface area is 215 Å². The molecule has 0 bridgehead atoms. The molecule has 2 aliphatic rings. The first-order chi connectivity index (χ1) is 17.9. The third-order valence-corrected chi connectivity index (χ3v) is 7.39. The van der Waals surface area contributed by atoms with Gasteiger partial charge in [-0.2, -0.15) is 4.98 Å². The number of aliphatic imine (C=N–C) groups is 1. The van der Waals surface area contributed by atoms with Crippen LogP contribution in [0.3, 0.4) is 0 Å². The summed E-state index contributed by atoms with van der Waals surface area (Å²) in [5.41, 5.74) is -0.242. The van der Waals surface area contributed by atoms with Gasteiger partial charge in [-0.05, 0) is 81.2 Å². The van der Waals surface area contributed by atoms with Gasteiger partial charge in [0.05, 0.1) is 0 Å². The molecule has 0 spiro atoms. The maximum Gasteiger partial charge on any atom is 0.265 e. The van der Waals surface area contributed by atoms with Gasteiger partial charge in [0.25, 0.3) is 5.91 Å². The van der Waals surface area contributed by atoms with Crippen LogP contribution in [0.1, 0.15) is 61.9 Å². The molecule has 0 atom stereocenters. The highest BCUT2D eigenvalue weighted by atomic mass is 19.1. The van der Waals surface area contributed by atoms with E-state index in [0.717, 1.165) is 57.0 Å². The number of likely N-dealkylation sites (tertiary alicyclic amines) is 1. The highest BCUT2D eigenvalue weighted by molar-refractivity contribution is 6.09. The van der Waals surface area contributed by atoms with E-state index in [1.54, 1.807) is 29.2 Å². The lowest BCUT2D eigenvalue weighted by Crippen LogP contribution is -2.43. The van der Waals surface area contributed by atoms with Crippen LogP contribution in [0.4, 0.5) is 8.78 Å². The maximum absolute atomic E-state index is 13.9. The number of halogens is 2. The second-order valence-electron chi connectivity index (χ2n) is 9.71. The van der Waals surface area contributed by atoms with E-state index in [2.05, 4.69) is 15.0 Å². The molecule has 1 saturated heterocycles. The predicted octanol–water partition coefficient (Wildman–Crippen LogP) is 4.68. The summed E-state index contributed by atoms with van der Waals surface area (Å²) in [7, 11) is 0. The molecular weight excluding hydrogens is 476 g/mol. The SMILES string of the molecule is CCc1noc(C2CCN(CCCN3C(=O)C(c4ccc(F)cc4)(c4ccc(F)cc4)N=C3C)CC2)n1. The number of aryl methyl sites for hydroxylation is 1. The molecule has 194 valence electrons. The van der Waals surface area contributed by atoms with Gasteiger partial charge in [0.1, 0.15) is 17.5 Å². The molecule has 7 nitrogen and oxygen atoms in total. The van der Waals surface area contributed by atoms with Gasteiger partial charge in [0.2, 0.25) is 5.89 Å². The first-order valence-electron chi connectivity index (χ1n) is 12.9. The second kappa shape index (κ2) is 10.5. The van der Waals surface area contributed by atoms with Crippen LogP contribution < -0.4 is 0 Å². The van der Waals surface area contributed by atoms with E-state index >= 15 is 0 Å². The van der Waals surface area contributed by atoms with E-state index in [1.807, 2.05) is 13.8 Å².